The van der Waals surface area contributed by atoms with Gasteiger partial charge in [0.15, 0.2) is 5.65 Å². The van der Waals surface area contributed by atoms with Crippen molar-refractivity contribution in [2.75, 3.05) is 31.5 Å². The standard InChI is InChI=1S/C15H23N5/c1-13-12-15(20-14(18-13)6-8-17-20)16-7-2-3-9-19-10-4-5-11-19/h6,8,12,16H,2-5,7,9-11H2,1H3. The topological polar surface area (TPSA) is 45.5 Å². The quantitative estimate of drug-likeness (QED) is 0.821. The molecule has 0 amide bonds. The Hall–Kier alpha value is -1.62. The van der Waals surface area contributed by atoms with E-state index in [1.807, 2.05) is 17.5 Å². The lowest BCUT2D eigenvalue weighted by atomic mass is 10.3. The van der Waals surface area contributed by atoms with Crippen molar-refractivity contribution in [2.45, 2.75) is 32.6 Å². The van der Waals surface area contributed by atoms with E-state index in [0.717, 1.165) is 23.7 Å². The Morgan fingerprint density at radius 1 is 1.25 bits per heavy atom. The van der Waals surface area contributed by atoms with Crippen LogP contribution in [-0.2, 0) is 0 Å². The van der Waals surface area contributed by atoms with E-state index in [-0.39, 0.29) is 0 Å². The number of rotatable bonds is 6. The van der Waals surface area contributed by atoms with Gasteiger partial charge in [-0.05, 0) is 52.2 Å². The molecule has 5 heteroatoms. The molecule has 1 N–H and O–H groups in total. The van der Waals surface area contributed by atoms with Crippen LogP contribution in [0.3, 0.4) is 0 Å². The van der Waals surface area contributed by atoms with Gasteiger partial charge in [0, 0.05) is 24.4 Å². The SMILES string of the molecule is Cc1cc(NCCCCN2CCCC2)n2nccc2n1. The first-order chi connectivity index (χ1) is 9.83. The Bertz CT molecular complexity index is 556. The number of unbranched alkanes of at least 4 members (excludes halogenated alkanes) is 1. The van der Waals surface area contributed by atoms with Crippen LogP contribution in [0.2, 0.25) is 0 Å². The number of anilines is 1. The maximum absolute atomic E-state index is 4.45. The lowest BCUT2D eigenvalue weighted by Gasteiger charge is -2.14. The van der Waals surface area contributed by atoms with Gasteiger partial charge in [-0.1, -0.05) is 0 Å². The zero-order chi connectivity index (χ0) is 13.8. The summed E-state index contributed by atoms with van der Waals surface area (Å²) in [5.41, 5.74) is 1.93. The van der Waals surface area contributed by atoms with Crippen LogP contribution < -0.4 is 5.32 Å². The summed E-state index contributed by atoms with van der Waals surface area (Å²) in [6.07, 6.45) is 7.01. The normalized spacial score (nSPS) is 16.1. The van der Waals surface area contributed by atoms with Crippen molar-refractivity contribution in [3.05, 3.63) is 24.0 Å². The zero-order valence-electron chi connectivity index (χ0n) is 12.2. The summed E-state index contributed by atoms with van der Waals surface area (Å²) in [5, 5.41) is 7.79. The van der Waals surface area contributed by atoms with E-state index in [9.17, 15) is 0 Å². The summed E-state index contributed by atoms with van der Waals surface area (Å²) in [5.74, 6) is 1.04. The molecule has 0 atom stereocenters. The minimum absolute atomic E-state index is 0.907. The molecule has 3 heterocycles. The van der Waals surface area contributed by atoms with E-state index in [4.69, 9.17) is 0 Å². The van der Waals surface area contributed by atoms with Gasteiger partial charge in [-0.3, -0.25) is 0 Å². The predicted molar refractivity (Wildman–Crippen MR) is 81.1 cm³/mol. The highest BCUT2D eigenvalue weighted by Gasteiger charge is 2.10. The third-order valence-corrected chi connectivity index (χ3v) is 3.89. The molecule has 0 aromatic carbocycles. The Labute approximate surface area is 120 Å². The third kappa shape index (κ3) is 3.10. The molecule has 0 spiro atoms. The molecule has 3 rings (SSSR count). The van der Waals surface area contributed by atoms with Gasteiger partial charge in [-0.25, -0.2) is 4.98 Å². The van der Waals surface area contributed by atoms with Crippen molar-refractivity contribution in [1.29, 1.82) is 0 Å². The number of aryl methyl sites for hydroxylation is 1. The summed E-state index contributed by atoms with van der Waals surface area (Å²) >= 11 is 0. The van der Waals surface area contributed by atoms with E-state index in [1.54, 1.807) is 6.20 Å². The fourth-order valence-electron chi connectivity index (χ4n) is 2.85. The molecule has 2 aromatic heterocycles. The van der Waals surface area contributed by atoms with Crippen molar-refractivity contribution in [3.8, 4) is 0 Å². The number of nitrogens with one attached hydrogen (secondary N) is 1. The summed E-state index contributed by atoms with van der Waals surface area (Å²) in [4.78, 5) is 7.02. The third-order valence-electron chi connectivity index (χ3n) is 3.89. The molecule has 0 aliphatic carbocycles. The van der Waals surface area contributed by atoms with Gasteiger partial charge in [-0.15, -0.1) is 0 Å². The maximum atomic E-state index is 4.45. The van der Waals surface area contributed by atoms with Gasteiger partial charge >= 0.3 is 0 Å². The highest BCUT2D eigenvalue weighted by atomic mass is 15.3. The zero-order valence-corrected chi connectivity index (χ0v) is 12.2. The predicted octanol–water partition coefficient (Wildman–Crippen LogP) is 2.33. The summed E-state index contributed by atoms with van der Waals surface area (Å²) in [6, 6.07) is 3.99. The molecule has 0 bridgehead atoms. The van der Waals surface area contributed by atoms with E-state index in [0.29, 0.717) is 0 Å². The van der Waals surface area contributed by atoms with Crippen LogP contribution >= 0.6 is 0 Å². The van der Waals surface area contributed by atoms with Gasteiger partial charge in [0.05, 0.1) is 6.20 Å². The minimum Gasteiger partial charge on any atom is -0.370 e. The lowest BCUT2D eigenvalue weighted by molar-refractivity contribution is 0.331. The van der Waals surface area contributed by atoms with Crippen molar-refractivity contribution < 1.29 is 0 Å². The first-order valence-electron chi connectivity index (χ1n) is 7.60. The van der Waals surface area contributed by atoms with E-state index in [2.05, 4.69) is 26.4 Å². The van der Waals surface area contributed by atoms with Crippen molar-refractivity contribution in [3.63, 3.8) is 0 Å². The molecule has 108 valence electrons. The number of hydrogen-bond donors (Lipinski definition) is 1. The number of fused-ring (bicyclic) bond motifs is 1. The number of aromatic nitrogens is 3. The van der Waals surface area contributed by atoms with Gasteiger partial charge < -0.3 is 10.2 Å². The Balaban J connectivity index is 1.48. The monoisotopic (exact) mass is 273 g/mol. The average Bonchev–Trinajstić information content (AvgIpc) is 3.08. The number of likely N-dealkylation sites (tertiary alicyclic amines) is 1. The molecule has 0 radical (unpaired) electrons. The number of nitrogens with zero attached hydrogens (tertiary/aromatic N) is 4. The molecule has 2 aromatic rings. The van der Waals surface area contributed by atoms with Crippen molar-refractivity contribution >= 4 is 11.5 Å². The van der Waals surface area contributed by atoms with Crippen LogP contribution in [0, 0.1) is 6.92 Å². The first kappa shape index (κ1) is 13.4. The Morgan fingerprint density at radius 3 is 2.95 bits per heavy atom. The maximum Gasteiger partial charge on any atom is 0.157 e. The summed E-state index contributed by atoms with van der Waals surface area (Å²) in [7, 11) is 0. The second-order valence-corrected chi connectivity index (χ2v) is 5.57. The Kier molecular flexibility index (Phi) is 4.16. The molecule has 0 unspecified atom stereocenters. The largest absolute Gasteiger partial charge is 0.370 e. The van der Waals surface area contributed by atoms with Crippen LogP contribution in [-0.4, -0.2) is 45.7 Å². The second-order valence-electron chi connectivity index (χ2n) is 5.57. The molecular formula is C15H23N5. The number of hydrogen-bond acceptors (Lipinski definition) is 4. The Morgan fingerprint density at radius 2 is 2.10 bits per heavy atom. The van der Waals surface area contributed by atoms with Crippen molar-refractivity contribution in [1.82, 2.24) is 19.5 Å². The van der Waals surface area contributed by atoms with E-state index in [1.165, 1.54) is 45.3 Å². The second kappa shape index (κ2) is 6.22. The van der Waals surface area contributed by atoms with Crippen molar-refractivity contribution in [2.24, 2.45) is 0 Å². The van der Waals surface area contributed by atoms with Gasteiger partial charge in [0.25, 0.3) is 0 Å². The van der Waals surface area contributed by atoms with Gasteiger partial charge in [-0.2, -0.15) is 9.61 Å². The van der Waals surface area contributed by atoms with E-state index >= 15 is 0 Å². The highest BCUT2D eigenvalue weighted by molar-refractivity contribution is 5.48. The van der Waals surface area contributed by atoms with E-state index < -0.39 is 0 Å². The molecule has 1 aliphatic heterocycles. The first-order valence-corrected chi connectivity index (χ1v) is 7.60. The summed E-state index contributed by atoms with van der Waals surface area (Å²) < 4.78 is 1.87. The minimum atomic E-state index is 0.907. The molecule has 0 saturated carbocycles. The van der Waals surface area contributed by atoms with Gasteiger partial charge in [0.1, 0.15) is 5.82 Å². The lowest BCUT2D eigenvalue weighted by Crippen LogP contribution is -2.21. The van der Waals surface area contributed by atoms with Crippen LogP contribution in [0.4, 0.5) is 5.82 Å². The molecular weight excluding hydrogens is 250 g/mol. The molecule has 1 fully saturated rings. The average molecular weight is 273 g/mol. The van der Waals surface area contributed by atoms with Crippen LogP contribution in [0.15, 0.2) is 18.3 Å². The van der Waals surface area contributed by atoms with Crippen LogP contribution in [0.25, 0.3) is 5.65 Å². The molecule has 5 nitrogen and oxygen atoms in total. The molecule has 20 heavy (non-hydrogen) atoms. The summed E-state index contributed by atoms with van der Waals surface area (Å²) in [6.45, 7) is 6.85. The smallest absolute Gasteiger partial charge is 0.157 e. The molecule has 1 aliphatic rings. The van der Waals surface area contributed by atoms with Crippen LogP contribution in [0.5, 0.6) is 0 Å². The van der Waals surface area contributed by atoms with Crippen LogP contribution in [0.1, 0.15) is 31.4 Å². The van der Waals surface area contributed by atoms with Gasteiger partial charge in [0.2, 0.25) is 0 Å². The molecule has 1 saturated heterocycles. The fourth-order valence-corrected chi connectivity index (χ4v) is 2.85. The fraction of sp³-hybridized carbons (Fsp3) is 0.600. The highest BCUT2D eigenvalue weighted by Crippen LogP contribution is 2.12.